The van der Waals surface area contributed by atoms with Crippen LogP contribution in [0.1, 0.15) is 11.1 Å². The molecule has 1 heterocycles. The van der Waals surface area contributed by atoms with Crippen LogP contribution in [-0.2, 0) is 17.6 Å². The quantitative estimate of drug-likeness (QED) is 0.799. The number of hydrogen-bond donors (Lipinski definition) is 0. The predicted molar refractivity (Wildman–Crippen MR) is 103 cm³/mol. The van der Waals surface area contributed by atoms with Crippen LogP contribution in [0.15, 0.2) is 48.5 Å². The second-order valence-electron chi connectivity index (χ2n) is 7.12. The van der Waals surface area contributed by atoms with Gasteiger partial charge in [0.2, 0.25) is 0 Å². The van der Waals surface area contributed by atoms with Crippen molar-refractivity contribution in [3.8, 4) is 11.5 Å². The van der Waals surface area contributed by atoms with Crippen molar-refractivity contribution in [1.82, 2.24) is 4.90 Å². The van der Waals surface area contributed by atoms with Crippen LogP contribution in [0.3, 0.4) is 0 Å². The average molecular weight is 353 g/mol. The largest absolute Gasteiger partial charge is 0.497 e. The van der Waals surface area contributed by atoms with Gasteiger partial charge in [0, 0.05) is 24.9 Å². The molecule has 2 aromatic rings. The lowest BCUT2D eigenvalue weighted by atomic mass is 9.81. The normalized spacial score (nSPS) is 20.8. The number of ether oxygens (including phenoxy) is 2. The SMILES string of the molecule is COc1ccc(CC2CN(C)CC(Cc3ccc(OC)cc3)C2=O)cc1. The lowest BCUT2D eigenvalue weighted by Crippen LogP contribution is -2.46. The van der Waals surface area contributed by atoms with Crippen LogP contribution in [-0.4, -0.2) is 45.0 Å². The standard InChI is InChI=1S/C22H27NO3/c1-23-14-18(12-16-4-8-20(25-2)9-5-16)22(24)19(15-23)13-17-6-10-21(26-3)11-7-17/h4-11,18-19H,12-15H2,1-3H3. The molecule has 4 nitrogen and oxygen atoms in total. The highest BCUT2D eigenvalue weighted by atomic mass is 16.5. The minimum absolute atomic E-state index is 0.0467. The number of likely N-dealkylation sites (tertiary alicyclic amines) is 1. The third kappa shape index (κ3) is 4.44. The average Bonchev–Trinajstić information content (AvgIpc) is 2.66. The summed E-state index contributed by atoms with van der Waals surface area (Å²) >= 11 is 0. The molecule has 0 saturated carbocycles. The number of methoxy groups -OCH3 is 2. The summed E-state index contributed by atoms with van der Waals surface area (Å²) in [5, 5.41) is 0. The molecule has 1 saturated heterocycles. The first-order valence-electron chi connectivity index (χ1n) is 9.07. The van der Waals surface area contributed by atoms with Crippen LogP contribution in [0.4, 0.5) is 0 Å². The molecule has 26 heavy (non-hydrogen) atoms. The Morgan fingerprint density at radius 3 is 1.54 bits per heavy atom. The molecule has 0 aliphatic carbocycles. The lowest BCUT2D eigenvalue weighted by Gasteiger charge is -2.34. The minimum atomic E-state index is 0.0467. The number of carbonyl (C=O) groups excluding carboxylic acids is 1. The molecule has 2 atom stereocenters. The molecule has 3 rings (SSSR count). The smallest absolute Gasteiger partial charge is 0.142 e. The fourth-order valence-corrected chi connectivity index (χ4v) is 3.76. The summed E-state index contributed by atoms with van der Waals surface area (Å²) in [7, 11) is 5.44. The second kappa shape index (κ2) is 8.37. The first-order valence-corrected chi connectivity index (χ1v) is 9.07. The van der Waals surface area contributed by atoms with Gasteiger partial charge in [-0.05, 0) is 55.3 Å². The van der Waals surface area contributed by atoms with Gasteiger partial charge < -0.3 is 14.4 Å². The lowest BCUT2D eigenvalue weighted by molar-refractivity contribution is -0.130. The molecule has 0 aromatic heterocycles. The predicted octanol–water partition coefficient (Wildman–Crippen LogP) is 3.24. The van der Waals surface area contributed by atoms with Gasteiger partial charge in [-0.3, -0.25) is 4.79 Å². The number of benzene rings is 2. The van der Waals surface area contributed by atoms with E-state index in [-0.39, 0.29) is 11.8 Å². The van der Waals surface area contributed by atoms with E-state index < -0.39 is 0 Å². The van der Waals surface area contributed by atoms with E-state index in [0.29, 0.717) is 5.78 Å². The van der Waals surface area contributed by atoms with Gasteiger partial charge in [0.15, 0.2) is 0 Å². The molecule has 0 bridgehead atoms. The Bertz CT molecular complexity index is 663. The first-order chi connectivity index (χ1) is 12.6. The van der Waals surface area contributed by atoms with Crippen molar-refractivity contribution in [2.75, 3.05) is 34.4 Å². The number of nitrogens with zero attached hydrogens (tertiary/aromatic N) is 1. The highest BCUT2D eigenvalue weighted by Crippen LogP contribution is 2.25. The third-order valence-corrected chi connectivity index (χ3v) is 5.15. The number of piperidine rings is 1. The minimum Gasteiger partial charge on any atom is -0.497 e. The Hall–Kier alpha value is -2.33. The Morgan fingerprint density at radius 1 is 0.808 bits per heavy atom. The van der Waals surface area contributed by atoms with E-state index in [9.17, 15) is 4.79 Å². The maximum Gasteiger partial charge on any atom is 0.142 e. The topological polar surface area (TPSA) is 38.8 Å². The van der Waals surface area contributed by atoms with Crippen molar-refractivity contribution in [3.05, 3.63) is 59.7 Å². The van der Waals surface area contributed by atoms with Gasteiger partial charge in [0.1, 0.15) is 17.3 Å². The summed E-state index contributed by atoms with van der Waals surface area (Å²) in [4.78, 5) is 15.3. The number of rotatable bonds is 6. The molecule has 0 radical (unpaired) electrons. The molecule has 2 aromatic carbocycles. The summed E-state index contributed by atoms with van der Waals surface area (Å²) in [6, 6.07) is 16.1. The van der Waals surface area contributed by atoms with Crippen molar-refractivity contribution in [2.24, 2.45) is 11.8 Å². The van der Waals surface area contributed by atoms with Crippen molar-refractivity contribution in [1.29, 1.82) is 0 Å². The molecule has 1 aliphatic rings. The summed E-state index contributed by atoms with van der Waals surface area (Å²) in [6.45, 7) is 1.65. The van der Waals surface area contributed by atoms with E-state index in [1.54, 1.807) is 14.2 Å². The Kier molecular flexibility index (Phi) is 5.94. The van der Waals surface area contributed by atoms with Crippen LogP contribution < -0.4 is 9.47 Å². The number of hydrogen-bond acceptors (Lipinski definition) is 4. The number of carbonyl (C=O) groups is 1. The van der Waals surface area contributed by atoms with Gasteiger partial charge in [-0.25, -0.2) is 0 Å². The molecule has 0 spiro atoms. The van der Waals surface area contributed by atoms with Gasteiger partial charge in [-0.15, -0.1) is 0 Å². The highest BCUT2D eigenvalue weighted by Gasteiger charge is 2.33. The summed E-state index contributed by atoms with van der Waals surface area (Å²) in [6.07, 6.45) is 1.57. The van der Waals surface area contributed by atoms with E-state index in [2.05, 4.69) is 36.2 Å². The van der Waals surface area contributed by atoms with Gasteiger partial charge >= 0.3 is 0 Å². The molecule has 138 valence electrons. The van der Waals surface area contributed by atoms with Gasteiger partial charge in [0.05, 0.1) is 14.2 Å². The van der Waals surface area contributed by atoms with Crippen LogP contribution in [0.5, 0.6) is 11.5 Å². The summed E-state index contributed by atoms with van der Waals surface area (Å²) in [5.41, 5.74) is 2.37. The summed E-state index contributed by atoms with van der Waals surface area (Å²) in [5.74, 6) is 2.17. The molecule has 2 unspecified atom stereocenters. The van der Waals surface area contributed by atoms with Crippen LogP contribution >= 0.6 is 0 Å². The Labute approximate surface area is 155 Å². The fraction of sp³-hybridized carbons (Fsp3) is 0.409. The third-order valence-electron chi connectivity index (χ3n) is 5.15. The molecular formula is C22H27NO3. The fourth-order valence-electron chi connectivity index (χ4n) is 3.76. The van der Waals surface area contributed by atoms with Crippen molar-refractivity contribution >= 4 is 5.78 Å². The van der Waals surface area contributed by atoms with E-state index in [0.717, 1.165) is 37.4 Å². The second-order valence-corrected chi connectivity index (χ2v) is 7.12. The Balaban J connectivity index is 1.68. The zero-order valence-corrected chi connectivity index (χ0v) is 15.8. The maximum atomic E-state index is 13.0. The molecule has 0 N–H and O–H groups in total. The monoisotopic (exact) mass is 353 g/mol. The van der Waals surface area contributed by atoms with E-state index >= 15 is 0 Å². The van der Waals surface area contributed by atoms with Crippen LogP contribution in [0.25, 0.3) is 0 Å². The Morgan fingerprint density at radius 2 is 1.19 bits per heavy atom. The van der Waals surface area contributed by atoms with Crippen LogP contribution in [0, 0.1) is 11.8 Å². The van der Waals surface area contributed by atoms with E-state index in [4.69, 9.17) is 9.47 Å². The zero-order chi connectivity index (χ0) is 18.5. The zero-order valence-electron chi connectivity index (χ0n) is 15.8. The molecule has 1 aliphatic heterocycles. The van der Waals surface area contributed by atoms with Crippen LogP contribution in [0.2, 0.25) is 0 Å². The number of Topliss-reactive ketones (excluding diaryl/α,β-unsaturated/α-hetero) is 1. The molecule has 0 amide bonds. The molecule has 4 heteroatoms. The molecular weight excluding hydrogens is 326 g/mol. The van der Waals surface area contributed by atoms with Crippen molar-refractivity contribution in [3.63, 3.8) is 0 Å². The molecule has 1 fully saturated rings. The highest BCUT2D eigenvalue weighted by molar-refractivity contribution is 5.85. The van der Waals surface area contributed by atoms with E-state index in [1.807, 2.05) is 24.3 Å². The van der Waals surface area contributed by atoms with Gasteiger partial charge in [-0.2, -0.15) is 0 Å². The van der Waals surface area contributed by atoms with Gasteiger partial charge in [0.25, 0.3) is 0 Å². The maximum absolute atomic E-state index is 13.0. The summed E-state index contributed by atoms with van der Waals surface area (Å²) < 4.78 is 10.4. The van der Waals surface area contributed by atoms with E-state index in [1.165, 1.54) is 11.1 Å². The van der Waals surface area contributed by atoms with Crippen molar-refractivity contribution < 1.29 is 14.3 Å². The first kappa shape index (κ1) is 18.5. The number of ketones is 1. The van der Waals surface area contributed by atoms with Gasteiger partial charge in [-0.1, -0.05) is 24.3 Å². The van der Waals surface area contributed by atoms with Crippen molar-refractivity contribution in [2.45, 2.75) is 12.8 Å².